The first-order valence-electron chi connectivity index (χ1n) is 6.98. The zero-order valence-corrected chi connectivity index (χ0v) is 13.6. The van der Waals surface area contributed by atoms with Crippen molar-refractivity contribution in [1.82, 2.24) is 10.9 Å². The maximum atomic E-state index is 12.1. The minimum atomic E-state index is -0.476. The lowest BCUT2D eigenvalue weighted by Crippen LogP contribution is -2.42. The third kappa shape index (κ3) is 4.72. The fourth-order valence-electron chi connectivity index (χ4n) is 1.98. The molecule has 2 aromatic rings. The summed E-state index contributed by atoms with van der Waals surface area (Å²) in [6, 6.07) is 12.2. The smallest absolute Gasteiger partial charge is 0.273 e. The molecular weight excluding hydrogens is 316 g/mol. The summed E-state index contributed by atoms with van der Waals surface area (Å²) in [7, 11) is 1.44. The van der Waals surface area contributed by atoms with E-state index < -0.39 is 5.91 Å². The summed E-state index contributed by atoms with van der Waals surface area (Å²) >= 11 is 5.85. The Balaban J connectivity index is 1.93. The lowest BCUT2D eigenvalue weighted by Gasteiger charge is -2.10. The number of hydrogen-bond donors (Lipinski definition) is 2. The molecule has 0 aliphatic rings. The molecular formula is C17H17ClN2O3. The molecule has 23 heavy (non-hydrogen) atoms. The zero-order chi connectivity index (χ0) is 16.8. The quantitative estimate of drug-likeness (QED) is 0.846. The van der Waals surface area contributed by atoms with Gasteiger partial charge in [0, 0.05) is 5.02 Å². The highest BCUT2D eigenvalue weighted by Gasteiger charge is 2.13. The number of methoxy groups -OCH3 is 1. The molecule has 0 atom stereocenters. The topological polar surface area (TPSA) is 67.4 Å². The molecule has 5 nitrogen and oxygen atoms in total. The predicted molar refractivity (Wildman–Crippen MR) is 88.5 cm³/mol. The summed E-state index contributed by atoms with van der Waals surface area (Å²) in [5.74, 6) is -0.450. The van der Waals surface area contributed by atoms with E-state index in [0.29, 0.717) is 10.8 Å². The van der Waals surface area contributed by atoms with Gasteiger partial charge in [-0.05, 0) is 30.7 Å². The second-order valence-corrected chi connectivity index (χ2v) is 5.45. The minimum absolute atomic E-state index is 0.179. The highest BCUT2D eigenvalue weighted by molar-refractivity contribution is 6.30. The van der Waals surface area contributed by atoms with Gasteiger partial charge in [-0.1, -0.05) is 41.4 Å². The molecule has 0 saturated carbocycles. The van der Waals surface area contributed by atoms with Gasteiger partial charge in [0.05, 0.1) is 19.1 Å². The van der Waals surface area contributed by atoms with E-state index in [0.717, 1.165) is 11.1 Å². The fourth-order valence-corrected chi connectivity index (χ4v) is 2.14. The molecule has 0 saturated heterocycles. The van der Waals surface area contributed by atoms with Crippen LogP contribution in [-0.2, 0) is 11.2 Å². The Hall–Kier alpha value is -2.53. The van der Waals surface area contributed by atoms with Crippen LogP contribution in [0.1, 0.15) is 21.5 Å². The molecule has 0 aliphatic carbocycles. The number of carbonyl (C=O) groups is 2. The van der Waals surface area contributed by atoms with Gasteiger partial charge in [0.1, 0.15) is 5.75 Å². The summed E-state index contributed by atoms with van der Waals surface area (Å²) in [4.78, 5) is 24.0. The van der Waals surface area contributed by atoms with Gasteiger partial charge >= 0.3 is 0 Å². The summed E-state index contributed by atoms with van der Waals surface area (Å²) in [6.07, 6.45) is 0.179. The SMILES string of the molecule is COc1cc(Cl)ccc1C(=O)NNC(=O)Cc1ccc(C)cc1. The fraction of sp³-hybridized carbons (Fsp3) is 0.176. The molecule has 2 N–H and O–H groups in total. The van der Waals surface area contributed by atoms with Crippen molar-refractivity contribution in [2.24, 2.45) is 0 Å². The maximum absolute atomic E-state index is 12.1. The van der Waals surface area contributed by atoms with Crippen molar-refractivity contribution in [2.75, 3.05) is 7.11 Å². The molecule has 0 unspecified atom stereocenters. The monoisotopic (exact) mass is 332 g/mol. The summed E-state index contributed by atoms with van der Waals surface area (Å²) in [6.45, 7) is 1.98. The first kappa shape index (κ1) is 16.8. The van der Waals surface area contributed by atoms with Crippen molar-refractivity contribution < 1.29 is 14.3 Å². The van der Waals surface area contributed by atoms with Crippen molar-refractivity contribution in [3.05, 3.63) is 64.2 Å². The molecule has 2 amide bonds. The van der Waals surface area contributed by atoms with Crippen LogP contribution < -0.4 is 15.6 Å². The Morgan fingerprint density at radius 3 is 2.43 bits per heavy atom. The van der Waals surface area contributed by atoms with Gasteiger partial charge in [-0.15, -0.1) is 0 Å². The first-order valence-corrected chi connectivity index (χ1v) is 7.35. The Morgan fingerprint density at radius 1 is 1.09 bits per heavy atom. The van der Waals surface area contributed by atoms with E-state index >= 15 is 0 Å². The van der Waals surface area contributed by atoms with Gasteiger partial charge in [0.25, 0.3) is 5.91 Å². The second-order valence-electron chi connectivity index (χ2n) is 5.01. The third-order valence-corrected chi connectivity index (χ3v) is 3.44. The number of benzene rings is 2. The summed E-state index contributed by atoms with van der Waals surface area (Å²) in [5, 5.41) is 0.460. The number of hydrogen-bond acceptors (Lipinski definition) is 3. The molecule has 120 valence electrons. The van der Waals surface area contributed by atoms with E-state index in [1.54, 1.807) is 6.07 Å². The van der Waals surface area contributed by atoms with Crippen LogP contribution in [0.5, 0.6) is 5.75 Å². The molecule has 6 heteroatoms. The normalized spacial score (nSPS) is 10.0. The Labute approximate surface area is 139 Å². The van der Waals surface area contributed by atoms with Gasteiger partial charge in [-0.2, -0.15) is 0 Å². The van der Waals surface area contributed by atoms with Gasteiger partial charge in [-0.25, -0.2) is 0 Å². The molecule has 2 rings (SSSR count). The minimum Gasteiger partial charge on any atom is -0.496 e. The van der Waals surface area contributed by atoms with Crippen LogP contribution in [0.25, 0.3) is 0 Å². The van der Waals surface area contributed by atoms with E-state index in [4.69, 9.17) is 16.3 Å². The Morgan fingerprint density at radius 2 is 1.78 bits per heavy atom. The Kier molecular flexibility index (Phi) is 5.60. The molecule has 0 bridgehead atoms. The van der Waals surface area contributed by atoms with E-state index in [1.165, 1.54) is 19.2 Å². The van der Waals surface area contributed by atoms with E-state index in [2.05, 4.69) is 10.9 Å². The van der Waals surface area contributed by atoms with Gasteiger partial charge in [0.2, 0.25) is 5.91 Å². The molecule has 2 aromatic carbocycles. The van der Waals surface area contributed by atoms with E-state index in [-0.39, 0.29) is 17.9 Å². The molecule has 0 radical (unpaired) electrons. The summed E-state index contributed by atoms with van der Waals surface area (Å²) < 4.78 is 5.10. The van der Waals surface area contributed by atoms with Crippen LogP contribution in [0.4, 0.5) is 0 Å². The van der Waals surface area contributed by atoms with E-state index in [9.17, 15) is 9.59 Å². The maximum Gasteiger partial charge on any atom is 0.273 e. The van der Waals surface area contributed by atoms with Crippen LogP contribution in [0.3, 0.4) is 0 Å². The molecule has 0 spiro atoms. The standard InChI is InChI=1S/C17H17ClN2O3/c1-11-3-5-12(6-4-11)9-16(21)19-20-17(22)14-8-7-13(18)10-15(14)23-2/h3-8,10H,9H2,1-2H3,(H,19,21)(H,20,22). The number of amides is 2. The molecule has 0 aliphatic heterocycles. The number of nitrogens with one attached hydrogen (secondary N) is 2. The molecule has 0 aromatic heterocycles. The highest BCUT2D eigenvalue weighted by Crippen LogP contribution is 2.22. The second kappa shape index (κ2) is 7.65. The average molecular weight is 333 g/mol. The van der Waals surface area contributed by atoms with Crippen molar-refractivity contribution in [3.8, 4) is 5.75 Å². The van der Waals surface area contributed by atoms with Crippen molar-refractivity contribution in [2.45, 2.75) is 13.3 Å². The lowest BCUT2D eigenvalue weighted by atomic mass is 10.1. The van der Waals surface area contributed by atoms with Crippen molar-refractivity contribution in [3.63, 3.8) is 0 Å². The van der Waals surface area contributed by atoms with Crippen LogP contribution in [0.2, 0.25) is 5.02 Å². The number of hydrazine groups is 1. The number of halogens is 1. The first-order chi connectivity index (χ1) is 11.0. The number of aryl methyl sites for hydroxylation is 1. The average Bonchev–Trinajstić information content (AvgIpc) is 2.54. The molecule has 0 fully saturated rings. The van der Waals surface area contributed by atoms with Crippen LogP contribution in [-0.4, -0.2) is 18.9 Å². The van der Waals surface area contributed by atoms with Crippen LogP contribution in [0, 0.1) is 6.92 Å². The largest absolute Gasteiger partial charge is 0.496 e. The zero-order valence-electron chi connectivity index (χ0n) is 12.9. The van der Waals surface area contributed by atoms with Crippen LogP contribution >= 0.6 is 11.6 Å². The van der Waals surface area contributed by atoms with Gasteiger partial charge in [-0.3, -0.25) is 20.4 Å². The highest BCUT2D eigenvalue weighted by atomic mass is 35.5. The van der Waals surface area contributed by atoms with E-state index in [1.807, 2.05) is 31.2 Å². The lowest BCUT2D eigenvalue weighted by molar-refractivity contribution is -0.121. The third-order valence-electron chi connectivity index (χ3n) is 3.21. The van der Waals surface area contributed by atoms with Gasteiger partial charge in [0.15, 0.2) is 0 Å². The van der Waals surface area contributed by atoms with Gasteiger partial charge < -0.3 is 4.74 Å². The Bertz CT molecular complexity index is 714. The predicted octanol–water partition coefficient (Wildman–Crippen LogP) is 2.66. The summed E-state index contributed by atoms with van der Waals surface area (Å²) in [5.41, 5.74) is 7.02. The number of ether oxygens (including phenoxy) is 1. The van der Waals surface area contributed by atoms with Crippen LogP contribution in [0.15, 0.2) is 42.5 Å². The number of rotatable bonds is 4. The van der Waals surface area contributed by atoms with Crippen molar-refractivity contribution in [1.29, 1.82) is 0 Å². The molecule has 0 heterocycles. The number of carbonyl (C=O) groups excluding carboxylic acids is 2. The van der Waals surface area contributed by atoms with Crippen molar-refractivity contribution >= 4 is 23.4 Å².